The van der Waals surface area contributed by atoms with Crippen LogP contribution in [0.1, 0.15) is 68.2 Å². The molecule has 2 amide bonds. The lowest BCUT2D eigenvalue weighted by Gasteiger charge is -2.34. The lowest BCUT2D eigenvalue weighted by atomic mass is 9.91. The molecule has 0 aliphatic carbocycles. The van der Waals surface area contributed by atoms with Gasteiger partial charge in [0.2, 0.25) is 5.91 Å². The number of primary amides is 1. The summed E-state index contributed by atoms with van der Waals surface area (Å²) in [6.45, 7) is 14.0. The quantitative estimate of drug-likeness (QED) is 0.481. The van der Waals surface area contributed by atoms with Gasteiger partial charge in [-0.25, -0.2) is 9.59 Å². The summed E-state index contributed by atoms with van der Waals surface area (Å²) in [6.07, 6.45) is 4.31. The fourth-order valence-electron chi connectivity index (χ4n) is 3.28. The van der Waals surface area contributed by atoms with Crippen molar-refractivity contribution in [1.82, 2.24) is 4.90 Å². The average molecular weight is 454 g/mol. The van der Waals surface area contributed by atoms with Crippen LogP contribution < -0.4 is 5.73 Å². The van der Waals surface area contributed by atoms with E-state index in [2.05, 4.69) is 11.8 Å². The van der Waals surface area contributed by atoms with Gasteiger partial charge in [0.05, 0.1) is 6.07 Å². The number of carbonyl (C=O) groups is 3. The van der Waals surface area contributed by atoms with Gasteiger partial charge < -0.3 is 20.3 Å². The molecule has 9 heteroatoms. The fraction of sp³-hybridized carbons (Fsp3) is 0.739. The van der Waals surface area contributed by atoms with Crippen LogP contribution in [0.5, 0.6) is 0 Å². The van der Waals surface area contributed by atoms with Crippen LogP contribution in [0.2, 0.25) is 0 Å². The minimum Gasteiger partial charge on any atom is -0.458 e. The molecule has 4 atom stereocenters. The minimum atomic E-state index is -0.726. The molecule has 0 aromatic rings. The average Bonchev–Trinajstić information content (AvgIpc) is 2.98. The first-order valence-electron chi connectivity index (χ1n) is 10.7. The third-order valence-electron chi connectivity index (χ3n) is 4.38. The number of ether oxygens (including phenoxy) is 2. The summed E-state index contributed by atoms with van der Waals surface area (Å²) in [5, 5.41) is 16.9. The molecule has 0 saturated carbocycles. The molecule has 1 fully saturated rings. The number of esters is 1. The van der Waals surface area contributed by atoms with Crippen molar-refractivity contribution in [2.45, 2.75) is 91.5 Å². The molecule has 1 aliphatic rings. The highest BCUT2D eigenvalue weighted by Gasteiger charge is 2.49. The van der Waals surface area contributed by atoms with Gasteiger partial charge in [0.25, 0.3) is 0 Å². The van der Waals surface area contributed by atoms with Crippen LogP contribution in [0, 0.1) is 23.2 Å². The van der Waals surface area contributed by atoms with Gasteiger partial charge >= 0.3 is 12.1 Å². The van der Waals surface area contributed by atoms with Crippen molar-refractivity contribution < 1.29 is 29.0 Å². The molecule has 1 saturated heterocycles. The van der Waals surface area contributed by atoms with E-state index >= 15 is 0 Å². The van der Waals surface area contributed by atoms with Crippen molar-refractivity contribution >= 4 is 18.0 Å². The van der Waals surface area contributed by atoms with E-state index in [4.69, 9.17) is 14.6 Å². The van der Waals surface area contributed by atoms with Gasteiger partial charge in [0, 0.05) is 12.0 Å². The van der Waals surface area contributed by atoms with E-state index in [1.54, 1.807) is 41.5 Å². The van der Waals surface area contributed by atoms with Crippen molar-refractivity contribution in [3.63, 3.8) is 0 Å². The Kier molecular flexibility index (Phi) is 11.4. The Labute approximate surface area is 191 Å². The highest BCUT2D eigenvalue weighted by molar-refractivity contribution is 5.83. The number of hydrogen-bond acceptors (Lipinski definition) is 7. The molecule has 1 aliphatic heterocycles. The summed E-state index contributed by atoms with van der Waals surface area (Å²) in [7, 11) is 0. The molecule has 0 radical (unpaired) electrons. The van der Waals surface area contributed by atoms with Crippen molar-refractivity contribution in [1.29, 1.82) is 5.26 Å². The van der Waals surface area contributed by atoms with Crippen LogP contribution in [-0.2, 0) is 19.1 Å². The highest BCUT2D eigenvalue weighted by atomic mass is 16.6. The maximum absolute atomic E-state index is 13.0. The van der Waals surface area contributed by atoms with E-state index in [0.717, 1.165) is 0 Å². The molecular formula is C23H39N3O6. The number of likely N-dealkylation sites (tertiary alicyclic amines) is 1. The van der Waals surface area contributed by atoms with E-state index in [9.17, 15) is 19.6 Å². The maximum atomic E-state index is 13.0. The predicted octanol–water partition coefficient (Wildman–Crippen LogP) is 2.91. The van der Waals surface area contributed by atoms with E-state index in [1.807, 2.05) is 26.0 Å². The molecule has 0 spiro atoms. The van der Waals surface area contributed by atoms with Gasteiger partial charge in [0.1, 0.15) is 23.9 Å². The summed E-state index contributed by atoms with van der Waals surface area (Å²) in [6, 6.07) is 1.21. The first kappa shape index (κ1) is 29.4. The molecule has 1 rings (SSSR count). The molecule has 32 heavy (non-hydrogen) atoms. The summed E-state index contributed by atoms with van der Waals surface area (Å²) < 4.78 is 11.1. The topological polar surface area (TPSA) is 143 Å². The molecule has 0 bridgehead atoms. The van der Waals surface area contributed by atoms with Gasteiger partial charge in [-0.2, -0.15) is 5.26 Å². The molecule has 0 aromatic heterocycles. The predicted molar refractivity (Wildman–Crippen MR) is 120 cm³/mol. The van der Waals surface area contributed by atoms with Crippen LogP contribution in [-0.4, -0.2) is 57.9 Å². The van der Waals surface area contributed by atoms with Gasteiger partial charge in [-0.15, -0.1) is 0 Å². The van der Waals surface area contributed by atoms with E-state index < -0.39 is 41.8 Å². The van der Waals surface area contributed by atoms with E-state index in [0.29, 0.717) is 12.8 Å². The second-order valence-electron chi connectivity index (χ2n) is 9.82. The smallest absolute Gasteiger partial charge is 0.411 e. The normalized spacial score (nSPS) is 21.9. The number of nitriles is 1. The van der Waals surface area contributed by atoms with Crippen LogP contribution in [0.15, 0.2) is 12.2 Å². The minimum absolute atomic E-state index is 0.0316. The Bertz CT molecular complexity index is 715. The van der Waals surface area contributed by atoms with Crippen molar-refractivity contribution in [3.8, 4) is 6.07 Å². The third kappa shape index (κ3) is 10.6. The Balaban J connectivity index is 0.00000172. The van der Waals surface area contributed by atoms with Crippen LogP contribution in [0.25, 0.3) is 0 Å². The first-order valence-corrected chi connectivity index (χ1v) is 10.7. The highest BCUT2D eigenvalue weighted by Crippen LogP contribution is 2.37. The number of aliphatic hydroxyl groups excluding tert-OH is 1. The zero-order chi connectivity index (χ0) is 25.3. The Morgan fingerprint density at radius 2 is 1.69 bits per heavy atom. The third-order valence-corrected chi connectivity index (χ3v) is 4.38. The lowest BCUT2D eigenvalue weighted by Crippen LogP contribution is -2.49. The summed E-state index contributed by atoms with van der Waals surface area (Å²) in [5.74, 6) is -1.40. The molecule has 0 aromatic carbocycles. The molecule has 1 heterocycles. The standard InChI is InChI=1S/C21H34N2O4.C2H5NO2/c1-9-10-15-12-17(18(24)26-20(3,4)5)23(16(15)11-14(2)13-22)19(25)27-21(6,7)8;3-2(5)1-4/h9-10,14-17H,11-12H2,1-8H3;4H,1H2,(H2,3,5)/t14?,15-,16-,17-;/m1./s1. The molecule has 182 valence electrons. The number of hydrogen-bond donors (Lipinski definition) is 2. The van der Waals surface area contributed by atoms with Gasteiger partial charge in [-0.1, -0.05) is 12.2 Å². The number of nitrogens with two attached hydrogens (primary N) is 1. The van der Waals surface area contributed by atoms with Gasteiger partial charge in [-0.05, 0) is 74.1 Å². The lowest BCUT2D eigenvalue weighted by molar-refractivity contribution is -0.160. The molecular weight excluding hydrogens is 414 g/mol. The van der Waals surface area contributed by atoms with Crippen molar-refractivity contribution in [2.24, 2.45) is 17.6 Å². The second kappa shape index (κ2) is 12.4. The number of nitrogens with zero attached hydrogens (tertiary/aromatic N) is 2. The Morgan fingerprint density at radius 1 is 1.19 bits per heavy atom. The SMILES string of the molecule is CC=C[C@@H]1C[C@H](C(=O)OC(C)(C)C)N(C(=O)OC(C)(C)C)[C@@H]1CC(C)C#N.NC(=O)CO. The second-order valence-corrected chi connectivity index (χ2v) is 9.82. The number of allylic oxidation sites excluding steroid dienone is 1. The number of amides is 2. The summed E-state index contributed by atoms with van der Waals surface area (Å²) >= 11 is 0. The fourth-order valence-corrected chi connectivity index (χ4v) is 3.28. The van der Waals surface area contributed by atoms with Gasteiger partial charge in [-0.3, -0.25) is 9.69 Å². The summed E-state index contributed by atoms with van der Waals surface area (Å²) in [4.78, 5) is 36.6. The van der Waals surface area contributed by atoms with Gasteiger partial charge in [0.15, 0.2) is 0 Å². The number of aliphatic hydroxyl groups is 1. The van der Waals surface area contributed by atoms with E-state index in [-0.39, 0.29) is 17.9 Å². The Morgan fingerprint density at radius 3 is 2.06 bits per heavy atom. The van der Waals surface area contributed by atoms with E-state index in [1.165, 1.54) is 4.90 Å². The van der Waals surface area contributed by atoms with Crippen LogP contribution in [0.4, 0.5) is 4.79 Å². The zero-order valence-electron chi connectivity index (χ0n) is 20.5. The van der Waals surface area contributed by atoms with Crippen molar-refractivity contribution in [3.05, 3.63) is 12.2 Å². The molecule has 1 unspecified atom stereocenters. The van der Waals surface area contributed by atoms with Crippen molar-refractivity contribution in [2.75, 3.05) is 6.61 Å². The monoisotopic (exact) mass is 453 g/mol. The number of rotatable bonds is 5. The van der Waals surface area contributed by atoms with Crippen LogP contribution in [0.3, 0.4) is 0 Å². The maximum Gasteiger partial charge on any atom is 0.411 e. The largest absolute Gasteiger partial charge is 0.458 e. The molecule has 3 N–H and O–H groups in total. The number of carbonyl (C=O) groups excluding carboxylic acids is 3. The molecule has 9 nitrogen and oxygen atoms in total. The zero-order valence-corrected chi connectivity index (χ0v) is 20.5. The summed E-state index contributed by atoms with van der Waals surface area (Å²) in [5.41, 5.74) is 3.07. The van der Waals surface area contributed by atoms with Crippen LogP contribution >= 0.6 is 0 Å². The Hall–Kier alpha value is -2.60. The first-order chi connectivity index (χ1) is 14.6.